The third-order valence-corrected chi connectivity index (χ3v) is 5.88. The SMILES string of the molecule is O=C(CSc1nnc(COc2ccc(Cl)cc2Cl)o1)N/N=C\c1cc(Br)cc(Br)c1O. The second-order valence-corrected chi connectivity index (χ2v) is 9.27. The van der Waals surface area contributed by atoms with E-state index in [0.717, 1.165) is 16.2 Å². The van der Waals surface area contributed by atoms with Gasteiger partial charge in [-0.3, -0.25) is 4.79 Å². The summed E-state index contributed by atoms with van der Waals surface area (Å²) in [5.74, 6) is 0.272. The maximum atomic E-state index is 11.9. The Morgan fingerprint density at radius 1 is 1.29 bits per heavy atom. The quantitative estimate of drug-likeness (QED) is 0.199. The Hall–Kier alpha value is -1.79. The number of amides is 1. The maximum absolute atomic E-state index is 11.9. The van der Waals surface area contributed by atoms with Crippen molar-refractivity contribution < 1.29 is 19.1 Å². The summed E-state index contributed by atoms with van der Waals surface area (Å²) >= 11 is 19.5. The molecule has 0 aliphatic rings. The first-order valence-corrected chi connectivity index (χ1v) is 11.7. The van der Waals surface area contributed by atoms with Gasteiger partial charge in [-0.15, -0.1) is 10.2 Å². The predicted molar refractivity (Wildman–Crippen MR) is 125 cm³/mol. The molecule has 2 N–H and O–H groups in total. The van der Waals surface area contributed by atoms with Crippen molar-refractivity contribution in [2.75, 3.05) is 5.75 Å². The Bertz CT molecular complexity index is 1130. The highest BCUT2D eigenvalue weighted by Gasteiger charge is 2.11. The van der Waals surface area contributed by atoms with Gasteiger partial charge in [-0.2, -0.15) is 5.10 Å². The number of phenols is 1. The number of ether oxygens (including phenoxy) is 1. The van der Waals surface area contributed by atoms with Gasteiger partial charge >= 0.3 is 0 Å². The summed E-state index contributed by atoms with van der Waals surface area (Å²) in [4.78, 5) is 11.9. The number of halogens is 4. The van der Waals surface area contributed by atoms with Gasteiger partial charge in [0.15, 0.2) is 6.61 Å². The molecule has 1 aromatic heterocycles. The van der Waals surface area contributed by atoms with Gasteiger partial charge in [0.05, 0.1) is 21.5 Å². The van der Waals surface area contributed by atoms with Crippen molar-refractivity contribution in [2.45, 2.75) is 11.8 Å². The fraction of sp³-hybridized carbons (Fsp3) is 0.111. The summed E-state index contributed by atoms with van der Waals surface area (Å²) in [7, 11) is 0. The van der Waals surface area contributed by atoms with Crippen molar-refractivity contribution in [1.29, 1.82) is 0 Å². The fourth-order valence-electron chi connectivity index (χ4n) is 2.10. The third kappa shape index (κ3) is 7.11. The number of benzene rings is 2. The summed E-state index contributed by atoms with van der Waals surface area (Å²) in [6.45, 7) is 0.0110. The molecule has 0 radical (unpaired) electrons. The average Bonchev–Trinajstić information content (AvgIpc) is 3.17. The summed E-state index contributed by atoms with van der Waals surface area (Å²) in [5, 5.41) is 22.6. The van der Waals surface area contributed by atoms with Gasteiger partial charge in [0.1, 0.15) is 11.5 Å². The maximum Gasteiger partial charge on any atom is 0.277 e. The third-order valence-electron chi connectivity index (χ3n) is 3.47. The van der Waals surface area contributed by atoms with Crippen LogP contribution in [0.15, 0.2) is 54.0 Å². The lowest BCUT2D eigenvalue weighted by Crippen LogP contribution is -2.19. The van der Waals surface area contributed by atoms with Gasteiger partial charge < -0.3 is 14.3 Å². The lowest BCUT2D eigenvalue weighted by Gasteiger charge is -2.05. The van der Waals surface area contributed by atoms with Crippen molar-refractivity contribution in [2.24, 2.45) is 5.10 Å². The summed E-state index contributed by atoms with van der Waals surface area (Å²) < 4.78 is 12.2. The number of hydrogen-bond donors (Lipinski definition) is 2. The zero-order chi connectivity index (χ0) is 22.4. The first-order valence-electron chi connectivity index (χ1n) is 8.35. The number of hydrazone groups is 1. The first-order chi connectivity index (χ1) is 14.8. The van der Waals surface area contributed by atoms with E-state index < -0.39 is 5.91 Å². The van der Waals surface area contributed by atoms with Crippen LogP contribution < -0.4 is 10.2 Å². The van der Waals surface area contributed by atoms with Gasteiger partial charge in [0.25, 0.3) is 17.0 Å². The van der Waals surface area contributed by atoms with Crippen LogP contribution in [0.3, 0.4) is 0 Å². The van der Waals surface area contributed by atoms with E-state index in [-0.39, 0.29) is 29.2 Å². The monoisotopic (exact) mass is 608 g/mol. The van der Waals surface area contributed by atoms with Crippen molar-refractivity contribution in [3.63, 3.8) is 0 Å². The van der Waals surface area contributed by atoms with Gasteiger partial charge in [-0.25, -0.2) is 5.43 Å². The molecule has 13 heteroatoms. The molecule has 0 aliphatic heterocycles. The molecule has 31 heavy (non-hydrogen) atoms. The number of rotatable bonds is 8. The minimum absolute atomic E-state index is 0.00297. The molecule has 0 atom stereocenters. The normalized spacial score (nSPS) is 11.1. The molecule has 1 heterocycles. The molecule has 3 aromatic rings. The second-order valence-electron chi connectivity index (χ2n) is 5.73. The number of hydrogen-bond acceptors (Lipinski definition) is 8. The predicted octanol–water partition coefficient (Wildman–Crippen LogP) is 5.43. The van der Waals surface area contributed by atoms with Crippen LogP contribution in [-0.4, -0.2) is 33.2 Å². The smallest absolute Gasteiger partial charge is 0.277 e. The van der Waals surface area contributed by atoms with Crippen LogP contribution in [0.4, 0.5) is 0 Å². The number of phenolic OH excluding ortho intramolecular Hbond substituents is 1. The molecule has 0 bridgehead atoms. The Balaban J connectivity index is 1.46. The van der Waals surface area contributed by atoms with E-state index in [1.165, 1.54) is 6.21 Å². The minimum atomic E-state index is -0.390. The van der Waals surface area contributed by atoms with E-state index in [1.54, 1.807) is 30.3 Å². The lowest BCUT2D eigenvalue weighted by molar-refractivity contribution is -0.118. The van der Waals surface area contributed by atoms with Crippen LogP contribution in [0.2, 0.25) is 10.0 Å². The summed E-state index contributed by atoms with van der Waals surface area (Å²) in [5.41, 5.74) is 2.79. The molecule has 8 nitrogen and oxygen atoms in total. The highest BCUT2D eigenvalue weighted by atomic mass is 79.9. The Morgan fingerprint density at radius 2 is 2.10 bits per heavy atom. The highest BCUT2D eigenvalue weighted by Crippen LogP contribution is 2.31. The Morgan fingerprint density at radius 3 is 2.87 bits per heavy atom. The van der Waals surface area contributed by atoms with Gasteiger partial charge in [0.2, 0.25) is 0 Å². The van der Waals surface area contributed by atoms with Crippen molar-refractivity contribution in [3.05, 3.63) is 60.8 Å². The van der Waals surface area contributed by atoms with Crippen molar-refractivity contribution in [3.8, 4) is 11.5 Å². The first kappa shape index (κ1) is 23.9. The summed E-state index contributed by atoms with van der Waals surface area (Å²) in [6.07, 6.45) is 1.33. The summed E-state index contributed by atoms with van der Waals surface area (Å²) in [6, 6.07) is 8.19. The molecule has 0 spiro atoms. The number of aromatic hydroxyl groups is 1. The fourth-order valence-corrected chi connectivity index (χ4v) is 4.40. The number of nitrogens with one attached hydrogen (secondary N) is 1. The molecule has 0 saturated heterocycles. The number of carbonyl (C=O) groups is 1. The van der Waals surface area contributed by atoms with E-state index in [0.29, 0.717) is 25.8 Å². The molecule has 162 valence electrons. The number of carbonyl (C=O) groups excluding carboxylic acids is 1. The zero-order valence-electron chi connectivity index (χ0n) is 15.3. The van der Waals surface area contributed by atoms with E-state index in [4.69, 9.17) is 32.4 Å². The second kappa shape index (κ2) is 11.2. The van der Waals surface area contributed by atoms with Crippen molar-refractivity contribution >= 4 is 78.9 Å². The van der Waals surface area contributed by atoms with E-state index in [1.807, 2.05) is 0 Å². The van der Waals surface area contributed by atoms with E-state index in [2.05, 4.69) is 52.6 Å². The molecule has 2 aromatic carbocycles. The molecule has 1 amide bonds. The molecule has 0 aliphatic carbocycles. The van der Waals surface area contributed by atoms with Crippen LogP contribution in [0, 0.1) is 0 Å². The van der Waals surface area contributed by atoms with Crippen LogP contribution in [-0.2, 0) is 11.4 Å². The molecule has 0 unspecified atom stereocenters. The average molecular weight is 611 g/mol. The standard InChI is InChI=1S/C18H12Br2Cl2N4O4S/c19-10-3-9(17(28)12(20)4-10)6-23-24-15(27)8-31-18-26-25-16(30-18)7-29-14-2-1-11(21)5-13(14)22/h1-6,28H,7-8H2,(H,24,27)/b23-6-. The topological polar surface area (TPSA) is 110 Å². The highest BCUT2D eigenvalue weighted by molar-refractivity contribution is 9.11. The Kier molecular flexibility index (Phi) is 8.61. The minimum Gasteiger partial charge on any atom is -0.506 e. The van der Waals surface area contributed by atoms with Crippen LogP contribution in [0.1, 0.15) is 11.5 Å². The van der Waals surface area contributed by atoms with Crippen molar-refractivity contribution in [1.82, 2.24) is 15.6 Å². The van der Waals surface area contributed by atoms with Gasteiger partial charge in [-0.05, 0) is 46.3 Å². The zero-order valence-corrected chi connectivity index (χ0v) is 20.8. The lowest BCUT2D eigenvalue weighted by atomic mass is 10.2. The molecule has 0 fully saturated rings. The van der Waals surface area contributed by atoms with Crippen LogP contribution >= 0.6 is 66.8 Å². The van der Waals surface area contributed by atoms with Gasteiger partial charge in [0, 0.05) is 15.1 Å². The van der Waals surface area contributed by atoms with E-state index >= 15 is 0 Å². The number of thioether (sulfide) groups is 1. The largest absolute Gasteiger partial charge is 0.506 e. The van der Waals surface area contributed by atoms with Crippen LogP contribution in [0.5, 0.6) is 11.5 Å². The molecule has 3 rings (SSSR count). The van der Waals surface area contributed by atoms with Crippen LogP contribution in [0.25, 0.3) is 0 Å². The van der Waals surface area contributed by atoms with Gasteiger partial charge in [-0.1, -0.05) is 50.9 Å². The number of nitrogens with zero attached hydrogens (tertiary/aromatic N) is 3. The van der Waals surface area contributed by atoms with E-state index in [9.17, 15) is 9.90 Å². The molecular formula is C18H12Br2Cl2N4O4S. The Labute approximate surface area is 207 Å². The number of aromatic nitrogens is 2. The molecular weight excluding hydrogens is 599 g/mol. The molecule has 0 saturated carbocycles.